The summed E-state index contributed by atoms with van der Waals surface area (Å²) in [7, 11) is 0. The highest BCUT2D eigenvalue weighted by atomic mass is 16.3. The fourth-order valence-corrected chi connectivity index (χ4v) is 1.87. The molecule has 1 amide bonds. The maximum atomic E-state index is 11.8. The number of hydrogen-bond donors (Lipinski definition) is 1. The van der Waals surface area contributed by atoms with E-state index in [1.807, 2.05) is 31.5 Å². The Bertz CT molecular complexity index is 528. The van der Waals surface area contributed by atoms with Gasteiger partial charge < -0.3 is 9.73 Å². The van der Waals surface area contributed by atoms with Crippen molar-refractivity contribution in [2.45, 2.75) is 33.4 Å². The number of carbonyl (C=O) groups excluding carboxylic acids is 1. The fraction of sp³-hybridized carbons (Fsp3) is 0.385. The maximum absolute atomic E-state index is 11.8. The first-order valence-electron chi connectivity index (χ1n) is 5.91. The van der Waals surface area contributed by atoms with Crippen molar-refractivity contribution >= 4 is 5.91 Å². The minimum atomic E-state index is -0.200. The molecular formula is C13H17N3O2. The van der Waals surface area contributed by atoms with Crippen LogP contribution in [0.5, 0.6) is 0 Å². The van der Waals surface area contributed by atoms with E-state index < -0.39 is 0 Å². The van der Waals surface area contributed by atoms with Gasteiger partial charge in [0.25, 0.3) is 5.91 Å². The molecule has 2 aromatic rings. The molecule has 2 aromatic heterocycles. The highest BCUT2D eigenvalue weighted by molar-refractivity contribution is 5.91. The molecular weight excluding hydrogens is 230 g/mol. The third kappa shape index (κ3) is 2.80. The zero-order chi connectivity index (χ0) is 13.1. The minimum Gasteiger partial charge on any atom is -0.459 e. The van der Waals surface area contributed by atoms with Crippen molar-refractivity contribution < 1.29 is 9.21 Å². The lowest BCUT2D eigenvalue weighted by Crippen LogP contribution is -2.36. The molecule has 0 saturated carbocycles. The van der Waals surface area contributed by atoms with Crippen molar-refractivity contribution in [3.63, 3.8) is 0 Å². The summed E-state index contributed by atoms with van der Waals surface area (Å²) in [4.78, 5) is 11.8. The highest BCUT2D eigenvalue weighted by Gasteiger charge is 2.13. The molecule has 0 aromatic carbocycles. The Balaban J connectivity index is 1.95. The van der Waals surface area contributed by atoms with Gasteiger partial charge in [-0.05, 0) is 39.0 Å². The summed E-state index contributed by atoms with van der Waals surface area (Å²) >= 11 is 0. The summed E-state index contributed by atoms with van der Waals surface area (Å²) in [5, 5.41) is 7.24. The Morgan fingerprint density at radius 2 is 2.33 bits per heavy atom. The Kier molecular flexibility index (Phi) is 3.50. The van der Waals surface area contributed by atoms with E-state index in [1.54, 1.807) is 12.1 Å². The molecule has 0 unspecified atom stereocenters. The first-order chi connectivity index (χ1) is 8.56. The van der Waals surface area contributed by atoms with Crippen molar-refractivity contribution in [2.24, 2.45) is 0 Å². The van der Waals surface area contributed by atoms with Crippen LogP contribution in [0.2, 0.25) is 0 Å². The van der Waals surface area contributed by atoms with Crippen LogP contribution in [0.3, 0.4) is 0 Å². The van der Waals surface area contributed by atoms with Crippen LogP contribution in [0, 0.1) is 13.8 Å². The molecule has 0 aliphatic heterocycles. The SMILES string of the molecule is Cc1cc(C)n(C[C@H](C)NC(=O)c2ccco2)n1. The summed E-state index contributed by atoms with van der Waals surface area (Å²) < 4.78 is 6.93. The van der Waals surface area contributed by atoms with Gasteiger partial charge in [-0.15, -0.1) is 0 Å². The molecule has 0 saturated heterocycles. The van der Waals surface area contributed by atoms with Gasteiger partial charge in [0.05, 0.1) is 18.5 Å². The van der Waals surface area contributed by atoms with Gasteiger partial charge in [-0.3, -0.25) is 9.48 Å². The lowest BCUT2D eigenvalue weighted by Gasteiger charge is -2.14. The Hall–Kier alpha value is -2.04. The number of aryl methyl sites for hydroxylation is 2. The van der Waals surface area contributed by atoms with E-state index in [2.05, 4.69) is 10.4 Å². The second-order valence-electron chi connectivity index (χ2n) is 4.46. The molecule has 96 valence electrons. The van der Waals surface area contributed by atoms with Crippen molar-refractivity contribution in [1.82, 2.24) is 15.1 Å². The predicted molar refractivity (Wildman–Crippen MR) is 67.3 cm³/mol. The third-order valence-electron chi connectivity index (χ3n) is 2.67. The molecule has 0 radical (unpaired) electrons. The lowest BCUT2D eigenvalue weighted by atomic mass is 10.3. The molecule has 1 atom stereocenters. The van der Waals surface area contributed by atoms with Crippen molar-refractivity contribution in [2.75, 3.05) is 0 Å². The summed E-state index contributed by atoms with van der Waals surface area (Å²) in [5.41, 5.74) is 2.07. The fourth-order valence-electron chi connectivity index (χ4n) is 1.87. The van der Waals surface area contributed by atoms with Gasteiger partial charge in [0, 0.05) is 11.7 Å². The topological polar surface area (TPSA) is 60.1 Å². The van der Waals surface area contributed by atoms with Gasteiger partial charge in [0.15, 0.2) is 5.76 Å². The zero-order valence-electron chi connectivity index (χ0n) is 10.8. The number of amides is 1. The van der Waals surface area contributed by atoms with E-state index in [0.29, 0.717) is 12.3 Å². The molecule has 2 heterocycles. The molecule has 5 nitrogen and oxygen atoms in total. The Morgan fingerprint density at radius 3 is 2.89 bits per heavy atom. The van der Waals surface area contributed by atoms with Crippen molar-refractivity contribution in [3.8, 4) is 0 Å². The van der Waals surface area contributed by atoms with Gasteiger partial charge in [-0.1, -0.05) is 0 Å². The normalized spacial score (nSPS) is 12.4. The number of aromatic nitrogens is 2. The first-order valence-corrected chi connectivity index (χ1v) is 5.91. The van der Waals surface area contributed by atoms with E-state index in [-0.39, 0.29) is 11.9 Å². The first kappa shape index (κ1) is 12.4. The van der Waals surface area contributed by atoms with Gasteiger partial charge in [-0.25, -0.2) is 0 Å². The molecule has 0 bridgehead atoms. The van der Waals surface area contributed by atoms with E-state index in [4.69, 9.17) is 4.42 Å². The number of carbonyl (C=O) groups is 1. The van der Waals surface area contributed by atoms with Crippen LogP contribution in [0.1, 0.15) is 28.9 Å². The second kappa shape index (κ2) is 5.08. The van der Waals surface area contributed by atoms with Crippen molar-refractivity contribution in [3.05, 3.63) is 41.6 Å². The summed E-state index contributed by atoms with van der Waals surface area (Å²) in [6.07, 6.45) is 1.49. The molecule has 2 rings (SSSR count). The van der Waals surface area contributed by atoms with Crippen LogP contribution in [0.15, 0.2) is 28.9 Å². The monoisotopic (exact) mass is 247 g/mol. The average Bonchev–Trinajstić information content (AvgIpc) is 2.89. The Morgan fingerprint density at radius 1 is 1.56 bits per heavy atom. The zero-order valence-corrected chi connectivity index (χ0v) is 10.8. The van der Waals surface area contributed by atoms with Crippen molar-refractivity contribution in [1.29, 1.82) is 0 Å². The quantitative estimate of drug-likeness (QED) is 0.897. The van der Waals surface area contributed by atoms with E-state index in [1.165, 1.54) is 6.26 Å². The second-order valence-corrected chi connectivity index (χ2v) is 4.46. The number of furan rings is 1. The van der Waals surface area contributed by atoms with Crippen LogP contribution in [0.25, 0.3) is 0 Å². The van der Waals surface area contributed by atoms with E-state index in [0.717, 1.165) is 11.4 Å². The lowest BCUT2D eigenvalue weighted by molar-refractivity contribution is 0.0908. The van der Waals surface area contributed by atoms with Gasteiger partial charge in [-0.2, -0.15) is 5.10 Å². The van der Waals surface area contributed by atoms with E-state index in [9.17, 15) is 4.79 Å². The average molecular weight is 247 g/mol. The predicted octanol–water partition coefficient (Wildman–Crippen LogP) is 1.91. The molecule has 5 heteroatoms. The van der Waals surface area contributed by atoms with Gasteiger partial charge >= 0.3 is 0 Å². The smallest absolute Gasteiger partial charge is 0.287 e. The number of nitrogens with one attached hydrogen (secondary N) is 1. The highest BCUT2D eigenvalue weighted by Crippen LogP contribution is 2.04. The van der Waals surface area contributed by atoms with Crippen LogP contribution in [-0.2, 0) is 6.54 Å². The molecule has 0 aliphatic carbocycles. The molecule has 0 fully saturated rings. The molecule has 0 aliphatic rings. The van der Waals surface area contributed by atoms with Crippen LogP contribution >= 0.6 is 0 Å². The minimum absolute atomic E-state index is 0.0133. The molecule has 1 N–H and O–H groups in total. The van der Waals surface area contributed by atoms with E-state index >= 15 is 0 Å². The maximum Gasteiger partial charge on any atom is 0.287 e. The summed E-state index contributed by atoms with van der Waals surface area (Å²) in [5.74, 6) is 0.129. The van der Waals surface area contributed by atoms with Crippen LogP contribution in [-0.4, -0.2) is 21.7 Å². The largest absolute Gasteiger partial charge is 0.459 e. The third-order valence-corrected chi connectivity index (χ3v) is 2.67. The molecule has 0 spiro atoms. The summed E-state index contributed by atoms with van der Waals surface area (Å²) in [6.45, 7) is 6.54. The van der Waals surface area contributed by atoms with Gasteiger partial charge in [0.1, 0.15) is 0 Å². The number of nitrogens with zero attached hydrogens (tertiary/aromatic N) is 2. The van der Waals surface area contributed by atoms with Gasteiger partial charge in [0.2, 0.25) is 0 Å². The molecule has 18 heavy (non-hydrogen) atoms. The Labute approximate surface area is 106 Å². The van der Waals surface area contributed by atoms with Crippen LogP contribution in [0.4, 0.5) is 0 Å². The number of hydrogen-bond acceptors (Lipinski definition) is 3. The standard InChI is InChI=1S/C13H17N3O2/c1-9-7-11(3)16(15-9)8-10(2)14-13(17)12-5-4-6-18-12/h4-7,10H,8H2,1-3H3,(H,14,17)/t10-/m0/s1. The number of rotatable bonds is 4. The van der Waals surface area contributed by atoms with Crippen LogP contribution < -0.4 is 5.32 Å². The summed E-state index contributed by atoms with van der Waals surface area (Å²) in [6, 6.07) is 5.34.